The number of benzene rings is 3. The first-order valence-electron chi connectivity index (χ1n) is 8.71. The van der Waals surface area contributed by atoms with Gasteiger partial charge in [-0.1, -0.05) is 45.7 Å². The van der Waals surface area contributed by atoms with Crippen LogP contribution in [0.3, 0.4) is 0 Å². The highest BCUT2D eigenvalue weighted by Crippen LogP contribution is 2.37. The number of hydrogen-bond acceptors (Lipinski definition) is 3. The summed E-state index contributed by atoms with van der Waals surface area (Å²) in [4.78, 5) is 0. The van der Waals surface area contributed by atoms with Gasteiger partial charge in [0.15, 0.2) is 0 Å². The molecule has 0 spiro atoms. The zero-order valence-electron chi connectivity index (χ0n) is 15.0. The van der Waals surface area contributed by atoms with Crippen molar-refractivity contribution in [1.82, 2.24) is 10.2 Å². The lowest BCUT2D eigenvalue weighted by Crippen LogP contribution is -1.99. The van der Waals surface area contributed by atoms with Crippen molar-refractivity contribution < 1.29 is 14.2 Å². The molecule has 0 unspecified atom stereocenters. The van der Waals surface area contributed by atoms with Crippen molar-refractivity contribution in [2.75, 3.05) is 0 Å². The number of nitrogens with one attached hydrogen (secondary N) is 1. The Kier molecular flexibility index (Phi) is 5.56. The minimum atomic E-state index is -0.435. The van der Waals surface area contributed by atoms with Crippen LogP contribution in [0.5, 0.6) is 11.5 Å². The lowest BCUT2D eigenvalue weighted by Gasteiger charge is -2.11. The van der Waals surface area contributed by atoms with E-state index in [1.54, 1.807) is 24.4 Å². The van der Waals surface area contributed by atoms with E-state index in [2.05, 4.69) is 26.1 Å². The molecule has 0 aliphatic carbocycles. The van der Waals surface area contributed by atoms with E-state index in [9.17, 15) is 9.50 Å². The number of aromatic nitrogens is 2. The smallest absolute Gasteiger partial charge is 0.131 e. The number of rotatable bonds is 5. The molecule has 3 aromatic carbocycles. The van der Waals surface area contributed by atoms with Crippen LogP contribution < -0.4 is 4.74 Å². The molecule has 0 radical (unpaired) electrons. The molecule has 2 N–H and O–H groups in total. The molecule has 1 aromatic heterocycles. The molecule has 1 heterocycles. The second kappa shape index (κ2) is 8.27. The summed E-state index contributed by atoms with van der Waals surface area (Å²) in [6.45, 7) is -0.0432. The summed E-state index contributed by atoms with van der Waals surface area (Å²) in [5.74, 6) is -0.0186. The molecule has 0 saturated carbocycles. The van der Waals surface area contributed by atoms with Crippen molar-refractivity contribution in [1.29, 1.82) is 0 Å². The molecule has 0 saturated heterocycles. The summed E-state index contributed by atoms with van der Waals surface area (Å²) in [5, 5.41) is 17.9. The van der Waals surface area contributed by atoms with Crippen LogP contribution in [-0.4, -0.2) is 15.3 Å². The van der Waals surface area contributed by atoms with E-state index in [4.69, 9.17) is 16.3 Å². The minimum absolute atomic E-state index is 0.0183. The Bertz CT molecular complexity index is 1140. The number of H-pyrrole nitrogens is 1. The standard InChI is InChI=1S/C22H15BrClFN2O2/c23-14-6-4-13(5-7-14)17-11-26-27-22(17)16-9-8-15(10-21(16)28)29-12-18-19(24)2-1-3-20(18)25/h1-11,28H,12H2,(H,26,27). The third kappa shape index (κ3) is 4.13. The van der Waals surface area contributed by atoms with Crippen molar-refractivity contribution >= 4 is 27.5 Å². The second-order valence-electron chi connectivity index (χ2n) is 6.33. The molecule has 4 rings (SSSR count). The van der Waals surface area contributed by atoms with Crippen molar-refractivity contribution in [3.05, 3.63) is 87.7 Å². The molecule has 0 aliphatic heterocycles. The van der Waals surface area contributed by atoms with Gasteiger partial charge in [-0.25, -0.2) is 4.39 Å². The number of halogens is 3. The fourth-order valence-electron chi connectivity index (χ4n) is 2.98. The largest absolute Gasteiger partial charge is 0.507 e. The van der Waals surface area contributed by atoms with Crippen LogP contribution in [0.25, 0.3) is 22.4 Å². The van der Waals surface area contributed by atoms with Gasteiger partial charge >= 0.3 is 0 Å². The highest BCUT2D eigenvalue weighted by molar-refractivity contribution is 9.10. The highest BCUT2D eigenvalue weighted by Gasteiger charge is 2.15. The zero-order valence-corrected chi connectivity index (χ0v) is 17.3. The Morgan fingerprint density at radius 2 is 1.86 bits per heavy atom. The predicted molar refractivity (Wildman–Crippen MR) is 115 cm³/mol. The van der Waals surface area contributed by atoms with Crippen LogP contribution in [-0.2, 0) is 6.61 Å². The molecule has 0 fully saturated rings. The SMILES string of the molecule is Oc1cc(OCc2c(F)cccc2Cl)ccc1-c1[nH]ncc1-c1ccc(Br)cc1. The van der Waals surface area contributed by atoms with E-state index in [-0.39, 0.29) is 17.9 Å². The minimum Gasteiger partial charge on any atom is -0.507 e. The van der Waals surface area contributed by atoms with Crippen LogP contribution in [0.2, 0.25) is 5.02 Å². The topological polar surface area (TPSA) is 58.1 Å². The number of aromatic hydroxyl groups is 1. The first-order chi connectivity index (χ1) is 14.0. The van der Waals surface area contributed by atoms with Crippen LogP contribution in [0, 0.1) is 5.82 Å². The van der Waals surface area contributed by atoms with Gasteiger partial charge < -0.3 is 9.84 Å². The zero-order chi connectivity index (χ0) is 20.4. The lowest BCUT2D eigenvalue weighted by atomic mass is 10.0. The molecule has 0 aliphatic rings. The third-order valence-corrected chi connectivity index (χ3v) is 5.36. The molecule has 0 bridgehead atoms. The summed E-state index contributed by atoms with van der Waals surface area (Å²) < 4.78 is 20.5. The molecular formula is C22H15BrClFN2O2. The van der Waals surface area contributed by atoms with Gasteiger partial charge in [0, 0.05) is 27.2 Å². The Morgan fingerprint density at radius 3 is 2.59 bits per heavy atom. The van der Waals surface area contributed by atoms with Gasteiger partial charge in [-0.05, 0) is 42.0 Å². The summed E-state index contributed by atoms with van der Waals surface area (Å²) >= 11 is 9.44. The summed E-state index contributed by atoms with van der Waals surface area (Å²) in [6, 6.07) is 17.2. The van der Waals surface area contributed by atoms with Gasteiger partial charge in [0.2, 0.25) is 0 Å². The molecular weight excluding hydrogens is 459 g/mol. The number of hydrogen-bond donors (Lipinski definition) is 2. The highest BCUT2D eigenvalue weighted by atomic mass is 79.9. The number of phenolic OH excluding ortho intramolecular Hbond substituents is 1. The monoisotopic (exact) mass is 472 g/mol. The van der Waals surface area contributed by atoms with Crippen molar-refractivity contribution in [2.24, 2.45) is 0 Å². The quantitative estimate of drug-likeness (QED) is 0.344. The predicted octanol–water partition coefficient (Wildman–Crippen LogP) is 6.58. The Labute approximate surface area is 180 Å². The first-order valence-corrected chi connectivity index (χ1v) is 9.88. The molecule has 29 heavy (non-hydrogen) atoms. The van der Waals surface area contributed by atoms with E-state index >= 15 is 0 Å². The van der Waals surface area contributed by atoms with Gasteiger partial charge in [-0.2, -0.15) is 5.10 Å². The normalized spacial score (nSPS) is 10.9. The molecule has 0 amide bonds. The first kappa shape index (κ1) is 19.5. The Morgan fingerprint density at radius 1 is 1.07 bits per heavy atom. The van der Waals surface area contributed by atoms with Gasteiger partial charge in [0.25, 0.3) is 0 Å². The molecule has 7 heteroatoms. The van der Waals surface area contributed by atoms with Gasteiger partial charge in [-0.15, -0.1) is 0 Å². The maximum absolute atomic E-state index is 13.9. The molecule has 0 atom stereocenters. The van der Waals surface area contributed by atoms with Crippen LogP contribution in [0.4, 0.5) is 4.39 Å². The van der Waals surface area contributed by atoms with Gasteiger partial charge in [0.05, 0.1) is 16.9 Å². The summed E-state index contributed by atoms with van der Waals surface area (Å²) in [7, 11) is 0. The van der Waals surface area contributed by atoms with Crippen LogP contribution >= 0.6 is 27.5 Å². The molecule has 146 valence electrons. The summed E-state index contributed by atoms with van der Waals surface area (Å²) in [5.41, 5.74) is 3.36. The summed E-state index contributed by atoms with van der Waals surface area (Å²) in [6.07, 6.45) is 1.71. The van der Waals surface area contributed by atoms with E-state index < -0.39 is 5.82 Å². The van der Waals surface area contributed by atoms with Gasteiger partial charge in [0.1, 0.15) is 23.9 Å². The van der Waals surface area contributed by atoms with Crippen molar-refractivity contribution in [2.45, 2.75) is 6.61 Å². The molecule has 4 aromatic rings. The second-order valence-corrected chi connectivity index (χ2v) is 7.66. The number of ether oxygens (including phenoxy) is 1. The number of aromatic amines is 1. The fraction of sp³-hybridized carbons (Fsp3) is 0.0455. The van der Waals surface area contributed by atoms with E-state index in [0.29, 0.717) is 22.0 Å². The number of nitrogens with zero attached hydrogens (tertiary/aromatic N) is 1. The van der Waals surface area contributed by atoms with E-state index in [0.717, 1.165) is 15.6 Å². The maximum Gasteiger partial charge on any atom is 0.131 e. The molecule has 4 nitrogen and oxygen atoms in total. The lowest BCUT2D eigenvalue weighted by molar-refractivity contribution is 0.298. The van der Waals surface area contributed by atoms with Crippen molar-refractivity contribution in [3.63, 3.8) is 0 Å². The van der Waals surface area contributed by atoms with Gasteiger partial charge in [-0.3, -0.25) is 5.10 Å². The van der Waals surface area contributed by atoms with Crippen molar-refractivity contribution in [3.8, 4) is 33.9 Å². The average Bonchev–Trinajstić information content (AvgIpc) is 3.18. The Balaban J connectivity index is 1.59. The van der Waals surface area contributed by atoms with Crippen LogP contribution in [0.15, 0.2) is 71.3 Å². The Hall–Kier alpha value is -2.83. The fourth-order valence-corrected chi connectivity index (χ4v) is 3.46. The third-order valence-electron chi connectivity index (χ3n) is 4.48. The average molecular weight is 474 g/mol. The van der Waals surface area contributed by atoms with E-state index in [1.807, 2.05) is 24.3 Å². The van der Waals surface area contributed by atoms with E-state index in [1.165, 1.54) is 18.2 Å². The van der Waals surface area contributed by atoms with Crippen LogP contribution in [0.1, 0.15) is 5.56 Å². The number of phenols is 1. The maximum atomic E-state index is 13.9.